The lowest BCUT2D eigenvalue weighted by atomic mass is 9.99. The van der Waals surface area contributed by atoms with Crippen LogP contribution in [0.3, 0.4) is 0 Å². The van der Waals surface area contributed by atoms with E-state index in [0.29, 0.717) is 32.7 Å². The number of amides is 1. The summed E-state index contributed by atoms with van der Waals surface area (Å²) in [4.78, 5) is 12.0. The van der Waals surface area contributed by atoms with Crippen LogP contribution in [0.15, 0.2) is 0 Å². The minimum atomic E-state index is -3.21. The number of ether oxygens (including phenoxy) is 1. The maximum Gasteiger partial charge on any atom is 0.224 e. The number of rotatable bonds is 8. The number of unbranched alkanes of at least 4 members (excludes halogenated alkanes) is 1. The van der Waals surface area contributed by atoms with Crippen LogP contribution >= 0.6 is 0 Å². The van der Waals surface area contributed by atoms with Crippen molar-refractivity contribution in [2.45, 2.75) is 32.6 Å². The van der Waals surface area contributed by atoms with Gasteiger partial charge in [0, 0.05) is 26.7 Å². The SMILES string of the molecule is CCCCS(=O)(=O)N1CCCC(C(=O)NCCOC)C1. The van der Waals surface area contributed by atoms with E-state index in [1.807, 2.05) is 6.92 Å². The van der Waals surface area contributed by atoms with E-state index in [9.17, 15) is 13.2 Å². The maximum atomic E-state index is 12.1. The van der Waals surface area contributed by atoms with E-state index in [4.69, 9.17) is 4.74 Å². The molecule has 20 heavy (non-hydrogen) atoms. The lowest BCUT2D eigenvalue weighted by molar-refractivity contribution is -0.126. The lowest BCUT2D eigenvalue weighted by Gasteiger charge is -2.31. The number of nitrogens with one attached hydrogen (secondary N) is 1. The fourth-order valence-electron chi connectivity index (χ4n) is 2.29. The van der Waals surface area contributed by atoms with Crippen molar-refractivity contribution >= 4 is 15.9 Å². The van der Waals surface area contributed by atoms with E-state index in [0.717, 1.165) is 19.3 Å². The van der Waals surface area contributed by atoms with Crippen molar-refractivity contribution in [3.8, 4) is 0 Å². The third-order valence-electron chi connectivity index (χ3n) is 3.51. The predicted octanol–water partition coefficient (Wildman–Crippen LogP) is 0.591. The molecule has 1 unspecified atom stereocenters. The predicted molar refractivity (Wildman–Crippen MR) is 77.9 cm³/mol. The van der Waals surface area contributed by atoms with Crippen molar-refractivity contribution in [2.24, 2.45) is 5.92 Å². The molecule has 0 aromatic rings. The average molecular weight is 306 g/mol. The molecule has 1 saturated heterocycles. The molecule has 0 aromatic heterocycles. The summed E-state index contributed by atoms with van der Waals surface area (Å²) in [6, 6.07) is 0. The first kappa shape index (κ1) is 17.4. The topological polar surface area (TPSA) is 75.7 Å². The van der Waals surface area contributed by atoms with Crippen molar-refractivity contribution < 1.29 is 17.9 Å². The summed E-state index contributed by atoms with van der Waals surface area (Å²) in [5.74, 6) is -0.129. The van der Waals surface area contributed by atoms with Gasteiger partial charge < -0.3 is 10.1 Å². The molecule has 1 rings (SSSR count). The van der Waals surface area contributed by atoms with Crippen LogP contribution < -0.4 is 5.32 Å². The summed E-state index contributed by atoms with van der Waals surface area (Å²) < 4.78 is 30.7. The van der Waals surface area contributed by atoms with Gasteiger partial charge in [-0.2, -0.15) is 0 Å². The third-order valence-corrected chi connectivity index (χ3v) is 5.43. The van der Waals surface area contributed by atoms with Crippen molar-refractivity contribution in [2.75, 3.05) is 39.1 Å². The Bertz CT molecular complexity index is 397. The number of carbonyl (C=O) groups is 1. The van der Waals surface area contributed by atoms with Crippen molar-refractivity contribution in [3.63, 3.8) is 0 Å². The Hall–Kier alpha value is -0.660. The highest BCUT2D eigenvalue weighted by molar-refractivity contribution is 7.89. The Morgan fingerprint density at radius 3 is 2.85 bits per heavy atom. The van der Waals surface area contributed by atoms with Crippen LogP contribution in [0.25, 0.3) is 0 Å². The lowest BCUT2D eigenvalue weighted by Crippen LogP contribution is -2.46. The molecule has 1 atom stereocenters. The van der Waals surface area contributed by atoms with Gasteiger partial charge in [-0.15, -0.1) is 0 Å². The van der Waals surface area contributed by atoms with Crippen LogP contribution in [0.4, 0.5) is 0 Å². The molecule has 6 nitrogen and oxygen atoms in total. The average Bonchev–Trinajstić information content (AvgIpc) is 2.45. The van der Waals surface area contributed by atoms with Gasteiger partial charge in [0.25, 0.3) is 0 Å². The minimum absolute atomic E-state index is 0.0718. The first-order chi connectivity index (χ1) is 9.51. The van der Waals surface area contributed by atoms with Crippen LogP contribution in [0.1, 0.15) is 32.6 Å². The fourth-order valence-corrected chi connectivity index (χ4v) is 4.01. The van der Waals surface area contributed by atoms with Crippen molar-refractivity contribution in [1.29, 1.82) is 0 Å². The zero-order valence-electron chi connectivity index (χ0n) is 12.4. The number of nitrogens with zero attached hydrogens (tertiary/aromatic N) is 1. The molecule has 0 aromatic carbocycles. The first-order valence-corrected chi connectivity index (χ1v) is 8.86. The van der Waals surface area contributed by atoms with Gasteiger partial charge in [-0.1, -0.05) is 13.3 Å². The number of sulfonamides is 1. The molecule has 1 N–H and O–H groups in total. The van der Waals surface area contributed by atoms with E-state index < -0.39 is 10.0 Å². The summed E-state index contributed by atoms with van der Waals surface area (Å²) in [7, 11) is -1.63. The Kier molecular flexibility index (Phi) is 7.47. The van der Waals surface area contributed by atoms with Crippen LogP contribution in [-0.2, 0) is 19.6 Å². The van der Waals surface area contributed by atoms with Gasteiger partial charge in [-0.05, 0) is 19.3 Å². The largest absolute Gasteiger partial charge is 0.383 e. The summed E-state index contributed by atoms with van der Waals surface area (Å²) in [5, 5.41) is 2.78. The monoisotopic (exact) mass is 306 g/mol. The molecule has 0 spiro atoms. The summed E-state index contributed by atoms with van der Waals surface area (Å²) in [5.41, 5.74) is 0. The Labute approximate surface area is 121 Å². The van der Waals surface area contributed by atoms with Gasteiger partial charge in [0.1, 0.15) is 0 Å². The molecule has 1 aliphatic rings. The summed E-state index contributed by atoms with van der Waals surface area (Å²) in [6.07, 6.45) is 3.02. The van der Waals surface area contributed by atoms with Gasteiger partial charge in [0.15, 0.2) is 0 Å². The molecule has 1 fully saturated rings. The second-order valence-electron chi connectivity index (χ2n) is 5.15. The van der Waals surface area contributed by atoms with E-state index in [1.165, 1.54) is 4.31 Å². The van der Waals surface area contributed by atoms with Crippen molar-refractivity contribution in [3.05, 3.63) is 0 Å². The molecule has 1 aliphatic heterocycles. The van der Waals surface area contributed by atoms with E-state index >= 15 is 0 Å². The normalized spacial score (nSPS) is 20.8. The molecule has 0 saturated carbocycles. The van der Waals surface area contributed by atoms with Crippen LogP contribution in [0.2, 0.25) is 0 Å². The van der Waals surface area contributed by atoms with Gasteiger partial charge in [-0.25, -0.2) is 12.7 Å². The zero-order valence-corrected chi connectivity index (χ0v) is 13.2. The highest BCUT2D eigenvalue weighted by Crippen LogP contribution is 2.20. The Balaban J connectivity index is 2.51. The highest BCUT2D eigenvalue weighted by atomic mass is 32.2. The van der Waals surface area contributed by atoms with E-state index in [2.05, 4.69) is 5.32 Å². The first-order valence-electron chi connectivity index (χ1n) is 7.25. The second kappa shape index (κ2) is 8.59. The van der Waals surface area contributed by atoms with Crippen molar-refractivity contribution in [1.82, 2.24) is 9.62 Å². The smallest absolute Gasteiger partial charge is 0.224 e. The Morgan fingerprint density at radius 1 is 1.45 bits per heavy atom. The molecule has 118 valence electrons. The van der Waals surface area contributed by atoms with E-state index in [1.54, 1.807) is 7.11 Å². The number of carbonyl (C=O) groups excluding carboxylic acids is 1. The molecule has 1 heterocycles. The van der Waals surface area contributed by atoms with Gasteiger partial charge in [-0.3, -0.25) is 4.79 Å². The van der Waals surface area contributed by atoms with Crippen LogP contribution in [0, 0.1) is 5.92 Å². The molecule has 0 bridgehead atoms. The molecule has 1 amide bonds. The second-order valence-corrected chi connectivity index (χ2v) is 7.24. The minimum Gasteiger partial charge on any atom is -0.383 e. The number of hydrogen-bond donors (Lipinski definition) is 1. The molecular formula is C13H26N2O4S. The van der Waals surface area contributed by atoms with Crippen LogP contribution in [-0.4, -0.2) is 57.7 Å². The number of hydrogen-bond acceptors (Lipinski definition) is 4. The Morgan fingerprint density at radius 2 is 2.20 bits per heavy atom. The maximum absolute atomic E-state index is 12.1. The van der Waals surface area contributed by atoms with Gasteiger partial charge in [0.2, 0.25) is 15.9 Å². The van der Waals surface area contributed by atoms with Gasteiger partial charge in [0.05, 0.1) is 18.3 Å². The molecular weight excluding hydrogens is 280 g/mol. The van der Waals surface area contributed by atoms with Gasteiger partial charge >= 0.3 is 0 Å². The molecule has 0 aliphatic carbocycles. The number of methoxy groups -OCH3 is 1. The number of piperidine rings is 1. The summed E-state index contributed by atoms with van der Waals surface area (Å²) >= 11 is 0. The molecule has 7 heteroatoms. The van der Waals surface area contributed by atoms with Crippen LogP contribution in [0.5, 0.6) is 0 Å². The zero-order chi connectivity index (χ0) is 15.0. The standard InChI is InChI=1S/C13H26N2O4S/c1-3-4-10-20(17,18)15-8-5-6-12(11-15)13(16)14-7-9-19-2/h12H,3-11H2,1-2H3,(H,14,16). The summed E-state index contributed by atoms with van der Waals surface area (Å²) in [6.45, 7) is 3.75. The van der Waals surface area contributed by atoms with E-state index in [-0.39, 0.29) is 17.6 Å². The fraction of sp³-hybridized carbons (Fsp3) is 0.923. The third kappa shape index (κ3) is 5.38. The quantitative estimate of drug-likeness (QED) is 0.666. The highest BCUT2D eigenvalue weighted by Gasteiger charge is 2.31. The molecule has 0 radical (unpaired) electrons.